The van der Waals surface area contributed by atoms with Crippen LogP contribution < -0.4 is 4.74 Å². The van der Waals surface area contributed by atoms with Crippen molar-refractivity contribution in [2.45, 2.75) is 32.5 Å². The van der Waals surface area contributed by atoms with Gasteiger partial charge in [-0.05, 0) is 26.0 Å². The summed E-state index contributed by atoms with van der Waals surface area (Å²) in [5, 5.41) is 9.69. The number of aliphatic hydroxyl groups excluding tert-OH is 1. The molecule has 1 N–H and O–H groups in total. The van der Waals surface area contributed by atoms with Crippen LogP contribution in [0, 0.1) is 6.92 Å². The number of aryl methyl sites for hydroxylation is 1. The second-order valence-electron chi connectivity index (χ2n) is 4.32. The van der Waals surface area contributed by atoms with Gasteiger partial charge in [0, 0.05) is 12.0 Å². The van der Waals surface area contributed by atoms with Gasteiger partial charge in [-0.2, -0.15) is 0 Å². The van der Waals surface area contributed by atoms with E-state index in [4.69, 9.17) is 9.47 Å². The Bertz CT molecular complexity index is 354. The minimum atomic E-state index is -0.503. The van der Waals surface area contributed by atoms with E-state index in [9.17, 15) is 5.11 Å². The van der Waals surface area contributed by atoms with Crippen molar-refractivity contribution in [3.63, 3.8) is 0 Å². The Hall–Kier alpha value is -1.06. The van der Waals surface area contributed by atoms with Crippen LogP contribution in [-0.4, -0.2) is 24.4 Å². The zero-order valence-corrected chi connectivity index (χ0v) is 9.77. The monoisotopic (exact) mass is 222 g/mol. The van der Waals surface area contributed by atoms with Crippen molar-refractivity contribution in [2.24, 2.45) is 0 Å². The van der Waals surface area contributed by atoms with Gasteiger partial charge in [-0.1, -0.05) is 11.6 Å². The van der Waals surface area contributed by atoms with Crippen LogP contribution >= 0.6 is 0 Å². The molecular weight excluding hydrogens is 204 g/mol. The van der Waals surface area contributed by atoms with E-state index in [0.29, 0.717) is 6.61 Å². The van der Waals surface area contributed by atoms with E-state index in [0.717, 1.165) is 29.9 Å². The van der Waals surface area contributed by atoms with Crippen molar-refractivity contribution in [2.75, 3.05) is 13.2 Å². The predicted molar refractivity (Wildman–Crippen MR) is 61.7 cm³/mol. The lowest BCUT2D eigenvalue weighted by molar-refractivity contribution is 0.135. The molecule has 0 saturated carbocycles. The fourth-order valence-corrected chi connectivity index (χ4v) is 1.89. The second kappa shape index (κ2) is 4.85. The zero-order chi connectivity index (χ0) is 11.5. The highest BCUT2D eigenvalue weighted by atomic mass is 16.5. The van der Waals surface area contributed by atoms with Gasteiger partial charge in [0.25, 0.3) is 0 Å². The van der Waals surface area contributed by atoms with Crippen molar-refractivity contribution in [3.05, 3.63) is 29.3 Å². The van der Waals surface area contributed by atoms with Gasteiger partial charge in [-0.3, -0.25) is 0 Å². The molecule has 3 heteroatoms. The molecule has 1 unspecified atom stereocenters. The van der Waals surface area contributed by atoms with E-state index in [1.165, 1.54) is 0 Å². The van der Waals surface area contributed by atoms with Gasteiger partial charge >= 0.3 is 0 Å². The maximum atomic E-state index is 9.69. The molecule has 1 saturated heterocycles. The third-order valence-corrected chi connectivity index (χ3v) is 2.80. The third kappa shape index (κ3) is 2.54. The molecule has 1 aliphatic heterocycles. The lowest BCUT2D eigenvalue weighted by Gasteiger charge is -2.17. The maximum absolute atomic E-state index is 9.69. The van der Waals surface area contributed by atoms with E-state index in [1.807, 2.05) is 25.1 Å². The van der Waals surface area contributed by atoms with Crippen molar-refractivity contribution in [1.82, 2.24) is 0 Å². The Labute approximate surface area is 96.0 Å². The van der Waals surface area contributed by atoms with Crippen molar-refractivity contribution in [3.8, 4) is 5.75 Å². The molecule has 3 nitrogen and oxygen atoms in total. The minimum absolute atomic E-state index is 0.125. The van der Waals surface area contributed by atoms with Crippen molar-refractivity contribution >= 4 is 0 Å². The van der Waals surface area contributed by atoms with Crippen LogP contribution in [0.4, 0.5) is 0 Å². The number of rotatable bonds is 3. The number of hydrogen-bond donors (Lipinski definition) is 1. The molecule has 1 aromatic rings. The smallest absolute Gasteiger partial charge is 0.125 e. The Morgan fingerprint density at radius 2 is 2.31 bits per heavy atom. The molecule has 0 amide bonds. The normalized spacial score (nSPS) is 22.1. The van der Waals surface area contributed by atoms with Gasteiger partial charge in [0.1, 0.15) is 11.9 Å². The van der Waals surface area contributed by atoms with Crippen LogP contribution in [0.3, 0.4) is 0 Å². The van der Waals surface area contributed by atoms with Gasteiger partial charge in [-0.15, -0.1) is 0 Å². The summed E-state index contributed by atoms with van der Waals surface area (Å²) < 4.78 is 11.1. The largest absolute Gasteiger partial charge is 0.488 e. The van der Waals surface area contributed by atoms with Crippen LogP contribution in [0.2, 0.25) is 0 Å². The standard InChI is InChI=1S/C13H18O3/c1-9-3-4-13(12(7-9)10(2)14)16-11-5-6-15-8-11/h3-4,7,10-11,14H,5-6,8H2,1-2H3/t10-,11?/m1/s1. The molecule has 0 aromatic heterocycles. The molecule has 1 aromatic carbocycles. The maximum Gasteiger partial charge on any atom is 0.125 e. The summed E-state index contributed by atoms with van der Waals surface area (Å²) in [5.74, 6) is 0.774. The second-order valence-corrected chi connectivity index (χ2v) is 4.32. The summed E-state index contributed by atoms with van der Waals surface area (Å²) in [6.07, 6.45) is 0.546. The summed E-state index contributed by atoms with van der Waals surface area (Å²) in [4.78, 5) is 0. The molecule has 2 atom stereocenters. The first kappa shape index (κ1) is 11.4. The molecule has 0 bridgehead atoms. The Kier molecular flexibility index (Phi) is 3.46. The average Bonchev–Trinajstić information content (AvgIpc) is 2.73. The summed E-state index contributed by atoms with van der Waals surface area (Å²) in [6.45, 7) is 5.18. The molecule has 0 aliphatic carbocycles. The molecule has 1 heterocycles. The summed E-state index contributed by atoms with van der Waals surface area (Å²) in [6, 6.07) is 5.89. The van der Waals surface area contributed by atoms with Crippen LogP contribution in [0.15, 0.2) is 18.2 Å². The summed E-state index contributed by atoms with van der Waals surface area (Å²) in [5.41, 5.74) is 1.98. The van der Waals surface area contributed by atoms with Gasteiger partial charge < -0.3 is 14.6 Å². The van der Waals surface area contributed by atoms with Crippen molar-refractivity contribution in [1.29, 1.82) is 0 Å². The van der Waals surface area contributed by atoms with Gasteiger partial charge in [0.2, 0.25) is 0 Å². The lowest BCUT2D eigenvalue weighted by atomic mass is 10.1. The first-order valence-corrected chi connectivity index (χ1v) is 5.70. The van der Waals surface area contributed by atoms with Crippen LogP contribution in [-0.2, 0) is 4.74 Å². The van der Waals surface area contributed by atoms with E-state index in [2.05, 4.69) is 0 Å². The van der Waals surface area contributed by atoms with Crippen LogP contribution in [0.1, 0.15) is 30.6 Å². The molecule has 2 rings (SSSR count). The fraction of sp³-hybridized carbons (Fsp3) is 0.538. The predicted octanol–water partition coefficient (Wildman–Crippen LogP) is 2.22. The Morgan fingerprint density at radius 1 is 1.50 bits per heavy atom. The first-order chi connectivity index (χ1) is 7.66. The highest BCUT2D eigenvalue weighted by Gasteiger charge is 2.19. The number of ether oxygens (including phenoxy) is 2. The quantitative estimate of drug-likeness (QED) is 0.852. The number of hydrogen-bond acceptors (Lipinski definition) is 3. The van der Waals surface area contributed by atoms with Crippen molar-refractivity contribution < 1.29 is 14.6 Å². The third-order valence-electron chi connectivity index (χ3n) is 2.80. The highest BCUT2D eigenvalue weighted by molar-refractivity contribution is 5.38. The Balaban J connectivity index is 2.18. The molecule has 88 valence electrons. The topological polar surface area (TPSA) is 38.7 Å². The molecule has 1 fully saturated rings. The molecule has 16 heavy (non-hydrogen) atoms. The first-order valence-electron chi connectivity index (χ1n) is 5.70. The molecule has 1 aliphatic rings. The molecular formula is C13H18O3. The molecule has 0 radical (unpaired) electrons. The van der Waals surface area contributed by atoms with E-state index in [1.54, 1.807) is 6.92 Å². The fourth-order valence-electron chi connectivity index (χ4n) is 1.89. The SMILES string of the molecule is Cc1ccc(OC2CCOC2)c([C@@H](C)O)c1. The highest BCUT2D eigenvalue weighted by Crippen LogP contribution is 2.28. The van der Waals surface area contributed by atoms with Crippen LogP contribution in [0.5, 0.6) is 5.75 Å². The lowest BCUT2D eigenvalue weighted by Crippen LogP contribution is -2.17. The number of benzene rings is 1. The zero-order valence-electron chi connectivity index (χ0n) is 9.77. The van der Waals surface area contributed by atoms with E-state index >= 15 is 0 Å². The summed E-state index contributed by atoms with van der Waals surface area (Å²) >= 11 is 0. The summed E-state index contributed by atoms with van der Waals surface area (Å²) in [7, 11) is 0. The minimum Gasteiger partial charge on any atom is -0.488 e. The number of aliphatic hydroxyl groups is 1. The van der Waals surface area contributed by atoms with Gasteiger partial charge in [0.15, 0.2) is 0 Å². The van der Waals surface area contributed by atoms with Gasteiger partial charge in [0.05, 0.1) is 19.3 Å². The van der Waals surface area contributed by atoms with E-state index in [-0.39, 0.29) is 6.10 Å². The average molecular weight is 222 g/mol. The van der Waals surface area contributed by atoms with Gasteiger partial charge in [-0.25, -0.2) is 0 Å². The Morgan fingerprint density at radius 3 is 2.94 bits per heavy atom. The van der Waals surface area contributed by atoms with Crippen LogP contribution in [0.25, 0.3) is 0 Å². The van der Waals surface area contributed by atoms with E-state index < -0.39 is 6.10 Å². The molecule has 0 spiro atoms.